The number of likely N-dealkylation sites (tertiary alicyclic amines) is 1. The maximum absolute atomic E-state index is 13.2. The molecule has 5 amide bonds. The van der Waals surface area contributed by atoms with Crippen molar-refractivity contribution >= 4 is 46.7 Å². The van der Waals surface area contributed by atoms with Gasteiger partial charge in [0, 0.05) is 37.2 Å². The fraction of sp³-hybridized carbons (Fsp3) is 0.538. The van der Waals surface area contributed by atoms with E-state index >= 15 is 0 Å². The van der Waals surface area contributed by atoms with Gasteiger partial charge in [0.1, 0.15) is 18.1 Å². The van der Waals surface area contributed by atoms with Crippen molar-refractivity contribution in [3.05, 3.63) is 34.4 Å². The van der Waals surface area contributed by atoms with E-state index < -0.39 is 63.9 Å². The number of amides is 5. The summed E-state index contributed by atoms with van der Waals surface area (Å²) >= 11 is 0. The quantitative estimate of drug-likeness (QED) is 0.190. The van der Waals surface area contributed by atoms with E-state index in [4.69, 9.17) is 0 Å². The van der Waals surface area contributed by atoms with Crippen LogP contribution in [0.4, 0.5) is 11.4 Å². The van der Waals surface area contributed by atoms with E-state index in [2.05, 4.69) is 21.3 Å². The maximum Gasteiger partial charge on any atom is 0.269 e. The van der Waals surface area contributed by atoms with Crippen molar-refractivity contribution in [1.82, 2.24) is 20.9 Å². The molecule has 0 unspecified atom stereocenters. The number of benzene rings is 1. The summed E-state index contributed by atoms with van der Waals surface area (Å²) in [6.07, 6.45) is 0.780. The van der Waals surface area contributed by atoms with Crippen molar-refractivity contribution in [2.24, 2.45) is 5.92 Å². The first-order chi connectivity index (χ1) is 18.7. The molecule has 0 aliphatic carbocycles. The molecule has 1 aromatic rings. The molecule has 14 nitrogen and oxygen atoms in total. The Kier molecular flexibility index (Phi) is 9.22. The van der Waals surface area contributed by atoms with Gasteiger partial charge in [-0.15, -0.1) is 0 Å². The average molecular weight is 559 g/mol. The Balaban J connectivity index is 1.64. The maximum atomic E-state index is 13.2. The number of carbonyl (C=O) groups is 6. The molecular weight excluding hydrogens is 524 g/mol. The van der Waals surface area contributed by atoms with Crippen LogP contribution < -0.4 is 21.3 Å². The number of rotatable bonds is 9. The van der Waals surface area contributed by atoms with Gasteiger partial charge in [-0.05, 0) is 44.7 Å². The predicted octanol–water partition coefficient (Wildman–Crippen LogP) is 0.408. The van der Waals surface area contributed by atoms with E-state index in [1.165, 1.54) is 43.0 Å². The minimum absolute atomic E-state index is 0.00989. The summed E-state index contributed by atoms with van der Waals surface area (Å²) < 4.78 is 0. The van der Waals surface area contributed by atoms with Gasteiger partial charge in [-0.25, -0.2) is 0 Å². The van der Waals surface area contributed by atoms with Crippen LogP contribution in [0.3, 0.4) is 0 Å². The first-order valence-electron chi connectivity index (χ1n) is 13.1. The van der Waals surface area contributed by atoms with Gasteiger partial charge in [0.05, 0.1) is 4.92 Å². The lowest BCUT2D eigenvalue weighted by atomic mass is 9.88. The number of nitro benzene ring substituents is 1. The topological polar surface area (TPSA) is 197 Å². The number of ketones is 1. The zero-order valence-corrected chi connectivity index (χ0v) is 22.8. The second-order valence-corrected chi connectivity index (χ2v) is 10.5. The van der Waals surface area contributed by atoms with Crippen molar-refractivity contribution < 1.29 is 33.7 Å². The van der Waals surface area contributed by atoms with Crippen LogP contribution in [0.1, 0.15) is 53.4 Å². The molecule has 216 valence electrons. The Morgan fingerprint density at radius 1 is 1.07 bits per heavy atom. The molecule has 1 aromatic carbocycles. The van der Waals surface area contributed by atoms with Gasteiger partial charge in [0.15, 0.2) is 11.3 Å². The highest BCUT2D eigenvalue weighted by molar-refractivity contribution is 6.15. The number of nitrogens with one attached hydrogen (secondary N) is 4. The summed E-state index contributed by atoms with van der Waals surface area (Å²) in [7, 11) is 0. The van der Waals surface area contributed by atoms with E-state index in [0.29, 0.717) is 18.5 Å². The summed E-state index contributed by atoms with van der Waals surface area (Å²) in [5, 5.41) is 21.1. The van der Waals surface area contributed by atoms with Crippen LogP contribution >= 0.6 is 0 Å². The SMILES string of the molecule is CC(C)[C@H](NC(=O)[C@@H]1CCCN1C(=O)[C@H](C)NC(=O)[C@]1(C)NC(=O)CCC1=O)C(=O)Nc1ccc([N+](=O)[O-])cc1. The molecule has 2 saturated heterocycles. The molecule has 2 aliphatic heterocycles. The number of nitrogens with zero attached hydrogens (tertiary/aromatic N) is 2. The van der Waals surface area contributed by atoms with Gasteiger partial charge < -0.3 is 26.2 Å². The van der Waals surface area contributed by atoms with Crippen LogP contribution in [0.2, 0.25) is 0 Å². The largest absolute Gasteiger partial charge is 0.342 e. The smallest absolute Gasteiger partial charge is 0.269 e. The summed E-state index contributed by atoms with van der Waals surface area (Å²) in [4.78, 5) is 88.0. The van der Waals surface area contributed by atoms with Gasteiger partial charge in [-0.1, -0.05) is 13.8 Å². The van der Waals surface area contributed by atoms with Gasteiger partial charge in [0.25, 0.3) is 11.6 Å². The lowest BCUT2D eigenvalue weighted by Crippen LogP contribution is -2.66. The van der Waals surface area contributed by atoms with Crippen LogP contribution in [-0.2, 0) is 28.8 Å². The van der Waals surface area contributed by atoms with Crippen molar-refractivity contribution in [2.45, 2.75) is 77.0 Å². The lowest BCUT2D eigenvalue weighted by molar-refractivity contribution is -0.384. The standard InChI is InChI=1S/C26H34N6O8/c1-14(2)21(23(36)28-16-7-9-17(10-8-16)32(39)40)29-22(35)18-6-5-13-31(18)24(37)15(3)27-25(38)26(4)19(33)11-12-20(34)30-26/h7-10,14-15,18,21H,5-6,11-13H2,1-4H3,(H,27,38)(H,28,36)(H,29,35)(H,30,34)/t15-,18-,21-,26+/m0/s1. The molecular formula is C26H34N6O8. The Labute approximate surface area is 230 Å². The third kappa shape index (κ3) is 6.61. The van der Waals surface area contributed by atoms with Crippen LogP contribution in [0.25, 0.3) is 0 Å². The molecule has 3 rings (SSSR count). The van der Waals surface area contributed by atoms with Crippen molar-refractivity contribution in [3.63, 3.8) is 0 Å². The summed E-state index contributed by atoms with van der Waals surface area (Å²) in [6, 6.07) is 2.34. The third-order valence-electron chi connectivity index (χ3n) is 7.13. The molecule has 0 aromatic heterocycles. The normalized spacial score (nSPS) is 22.2. The number of nitro groups is 1. The predicted molar refractivity (Wildman–Crippen MR) is 142 cm³/mol. The van der Waals surface area contributed by atoms with E-state index in [1.54, 1.807) is 13.8 Å². The Morgan fingerprint density at radius 2 is 1.73 bits per heavy atom. The van der Waals surface area contributed by atoms with Crippen molar-refractivity contribution in [3.8, 4) is 0 Å². The van der Waals surface area contributed by atoms with Crippen molar-refractivity contribution in [1.29, 1.82) is 0 Å². The summed E-state index contributed by atoms with van der Waals surface area (Å²) in [6.45, 7) is 6.45. The number of anilines is 1. The molecule has 0 radical (unpaired) electrons. The molecule has 14 heteroatoms. The number of non-ortho nitro benzene ring substituents is 1. The highest BCUT2D eigenvalue weighted by Crippen LogP contribution is 2.21. The summed E-state index contributed by atoms with van der Waals surface area (Å²) in [5.74, 6) is -3.64. The molecule has 2 aliphatic rings. The molecule has 40 heavy (non-hydrogen) atoms. The zero-order chi connectivity index (χ0) is 29.8. The van der Waals surface area contributed by atoms with E-state index in [0.717, 1.165) is 0 Å². The highest BCUT2D eigenvalue weighted by atomic mass is 16.6. The molecule has 0 bridgehead atoms. The van der Waals surface area contributed by atoms with Crippen LogP contribution in [0, 0.1) is 16.0 Å². The number of carbonyl (C=O) groups excluding carboxylic acids is 6. The Hall–Kier alpha value is -4.36. The lowest BCUT2D eigenvalue weighted by Gasteiger charge is -2.33. The second-order valence-electron chi connectivity index (χ2n) is 10.5. The third-order valence-corrected chi connectivity index (χ3v) is 7.13. The molecule has 4 atom stereocenters. The summed E-state index contributed by atoms with van der Waals surface area (Å²) in [5.41, 5.74) is -1.60. The number of Topliss-reactive ketones (excluding diaryl/α,β-unsaturated/α-hetero) is 1. The van der Waals surface area contributed by atoms with Gasteiger partial charge >= 0.3 is 0 Å². The first-order valence-corrected chi connectivity index (χ1v) is 13.1. The van der Waals surface area contributed by atoms with E-state index in [9.17, 15) is 38.9 Å². The fourth-order valence-electron chi connectivity index (χ4n) is 4.70. The minimum Gasteiger partial charge on any atom is -0.342 e. The Morgan fingerprint density at radius 3 is 2.33 bits per heavy atom. The molecule has 4 N–H and O–H groups in total. The van der Waals surface area contributed by atoms with Crippen LogP contribution in [0.5, 0.6) is 0 Å². The van der Waals surface area contributed by atoms with E-state index in [1.807, 2.05) is 0 Å². The Bertz CT molecular complexity index is 1220. The molecule has 2 heterocycles. The van der Waals surface area contributed by atoms with Crippen molar-refractivity contribution in [2.75, 3.05) is 11.9 Å². The average Bonchev–Trinajstić information content (AvgIpc) is 3.39. The van der Waals surface area contributed by atoms with E-state index in [-0.39, 0.29) is 31.0 Å². The monoisotopic (exact) mass is 558 g/mol. The number of hydrogen-bond acceptors (Lipinski definition) is 8. The van der Waals surface area contributed by atoms with Crippen LogP contribution in [-0.4, -0.2) is 75.4 Å². The molecule has 0 spiro atoms. The van der Waals surface area contributed by atoms with Crippen LogP contribution in [0.15, 0.2) is 24.3 Å². The first kappa shape index (κ1) is 30.2. The highest BCUT2D eigenvalue weighted by Gasteiger charge is 2.46. The molecule has 0 saturated carbocycles. The minimum atomic E-state index is -1.78. The zero-order valence-electron chi connectivity index (χ0n) is 22.8. The number of piperidine rings is 1. The van der Waals surface area contributed by atoms with Gasteiger partial charge in [0.2, 0.25) is 23.6 Å². The second kappa shape index (κ2) is 12.2. The fourth-order valence-corrected chi connectivity index (χ4v) is 4.70. The molecule has 2 fully saturated rings. The van der Waals surface area contributed by atoms with Gasteiger partial charge in [-0.3, -0.25) is 38.9 Å². The number of hydrogen-bond donors (Lipinski definition) is 4. The van der Waals surface area contributed by atoms with Gasteiger partial charge in [-0.2, -0.15) is 0 Å².